The van der Waals surface area contributed by atoms with Crippen LogP contribution in [0.5, 0.6) is 0 Å². The molecule has 0 saturated carbocycles. The number of anilines is 3. The van der Waals surface area contributed by atoms with Gasteiger partial charge in [0.2, 0.25) is 5.95 Å². The van der Waals surface area contributed by atoms with Gasteiger partial charge in [0.05, 0.1) is 6.10 Å². The minimum absolute atomic E-state index is 0.194. The van der Waals surface area contributed by atoms with Crippen molar-refractivity contribution in [3.8, 4) is 0 Å². The highest BCUT2D eigenvalue weighted by Gasteiger charge is 2.16. The van der Waals surface area contributed by atoms with Crippen LogP contribution in [0.2, 0.25) is 0 Å². The molecular weight excluding hydrogens is 354 g/mol. The molecule has 3 heterocycles. The van der Waals surface area contributed by atoms with Gasteiger partial charge in [-0.2, -0.15) is 0 Å². The summed E-state index contributed by atoms with van der Waals surface area (Å²) in [5, 5.41) is 6.07. The highest BCUT2D eigenvalue weighted by molar-refractivity contribution is 6.03. The molecule has 2 aliphatic heterocycles. The molecule has 0 radical (unpaired) electrons. The third kappa shape index (κ3) is 4.78. The van der Waals surface area contributed by atoms with E-state index in [2.05, 4.69) is 37.6 Å². The molecule has 2 aliphatic rings. The number of ether oxygens (including phenoxy) is 1. The SMILES string of the molecule is O=C(Nc1ccc(N2CCCCC2)cc1)c1ccnc(NCC2CCCO2)n1. The molecule has 0 spiro atoms. The first-order valence-electron chi connectivity index (χ1n) is 10.1. The smallest absolute Gasteiger partial charge is 0.274 e. The summed E-state index contributed by atoms with van der Waals surface area (Å²) in [6.07, 6.45) is 7.73. The van der Waals surface area contributed by atoms with Crippen molar-refractivity contribution in [2.24, 2.45) is 0 Å². The van der Waals surface area contributed by atoms with Crippen LogP contribution in [0.15, 0.2) is 36.5 Å². The summed E-state index contributed by atoms with van der Waals surface area (Å²) in [6, 6.07) is 9.64. The molecule has 2 fully saturated rings. The Morgan fingerprint density at radius 3 is 2.68 bits per heavy atom. The quantitative estimate of drug-likeness (QED) is 0.799. The van der Waals surface area contributed by atoms with E-state index in [0.717, 1.165) is 38.2 Å². The number of benzene rings is 1. The average molecular weight is 381 g/mol. The first-order valence-corrected chi connectivity index (χ1v) is 10.1. The molecule has 2 saturated heterocycles. The lowest BCUT2D eigenvalue weighted by Gasteiger charge is -2.28. The Bertz CT molecular complexity index is 784. The van der Waals surface area contributed by atoms with E-state index in [4.69, 9.17) is 4.74 Å². The predicted octanol–water partition coefficient (Wildman–Crippen LogP) is 3.31. The predicted molar refractivity (Wildman–Crippen MR) is 110 cm³/mol. The molecule has 1 unspecified atom stereocenters. The highest BCUT2D eigenvalue weighted by atomic mass is 16.5. The number of hydrogen-bond acceptors (Lipinski definition) is 6. The fraction of sp³-hybridized carbons (Fsp3) is 0.476. The second kappa shape index (κ2) is 9.01. The van der Waals surface area contributed by atoms with Gasteiger partial charge in [-0.05, 0) is 62.4 Å². The summed E-state index contributed by atoms with van der Waals surface area (Å²) in [5.41, 5.74) is 2.31. The van der Waals surface area contributed by atoms with Crippen LogP contribution in [0.1, 0.15) is 42.6 Å². The van der Waals surface area contributed by atoms with E-state index in [0.29, 0.717) is 18.2 Å². The molecule has 4 rings (SSSR count). The Hall–Kier alpha value is -2.67. The number of nitrogens with one attached hydrogen (secondary N) is 2. The molecule has 7 heteroatoms. The van der Waals surface area contributed by atoms with Crippen LogP contribution >= 0.6 is 0 Å². The largest absolute Gasteiger partial charge is 0.376 e. The van der Waals surface area contributed by atoms with Crippen LogP contribution < -0.4 is 15.5 Å². The Labute approximate surface area is 165 Å². The Balaban J connectivity index is 1.34. The number of aromatic nitrogens is 2. The first kappa shape index (κ1) is 18.7. The van der Waals surface area contributed by atoms with E-state index in [1.165, 1.54) is 24.9 Å². The van der Waals surface area contributed by atoms with E-state index in [1.54, 1.807) is 12.3 Å². The van der Waals surface area contributed by atoms with E-state index in [1.807, 2.05) is 12.1 Å². The van der Waals surface area contributed by atoms with Gasteiger partial charge in [0, 0.05) is 43.8 Å². The maximum atomic E-state index is 12.5. The van der Waals surface area contributed by atoms with Gasteiger partial charge >= 0.3 is 0 Å². The van der Waals surface area contributed by atoms with Crippen LogP contribution in [0.25, 0.3) is 0 Å². The maximum Gasteiger partial charge on any atom is 0.274 e. The first-order chi connectivity index (χ1) is 13.8. The minimum Gasteiger partial charge on any atom is -0.376 e. The third-order valence-electron chi connectivity index (χ3n) is 5.25. The second-order valence-corrected chi connectivity index (χ2v) is 7.33. The van der Waals surface area contributed by atoms with E-state index in [-0.39, 0.29) is 12.0 Å². The summed E-state index contributed by atoms with van der Waals surface area (Å²) in [6.45, 7) is 3.68. The van der Waals surface area contributed by atoms with Crippen molar-refractivity contribution in [3.63, 3.8) is 0 Å². The topological polar surface area (TPSA) is 79.4 Å². The normalized spacial score (nSPS) is 19.4. The van der Waals surface area contributed by atoms with Crippen molar-refractivity contribution < 1.29 is 9.53 Å². The zero-order chi connectivity index (χ0) is 19.2. The third-order valence-corrected chi connectivity index (χ3v) is 5.25. The van der Waals surface area contributed by atoms with Crippen LogP contribution in [-0.4, -0.2) is 48.2 Å². The molecule has 0 bridgehead atoms. The van der Waals surface area contributed by atoms with Crippen molar-refractivity contribution in [1.29, 1.82) is 0 Å². The van der Waals surface area contributed by atoms with Gasteiger partial charge in [-0.3, -0.25) is 4.79 Å². The lowest BCUT2D eigenvalue weighted by molar-refractivity contribution is 0.102. The molecule has 2 N–H and O–H groups in total. The number of carbonyl (C=O) groups excluding carboxylic acids is 1. The van der Waals surface area contributed by atoms with Crippen LogP contribution in [-0.2, 0) is 4.74 Å². The van der Waals surface area contributed by atoms with Crippen LogP contribution in [0.3, 0.4) is 0 Å². The lowest BCUT2D eigenvalue weighted by atomic mass is 10.1. The minimum atomic E-state index is -0.242. The van der Waals surface area contributed by atoms with E-state index in [9.17, 15) is 4.79 Å². The summed E-state index contributed by atoms with van der Waals surface area (Å²) < 4.78 is 5.58. The Morgan fingerprint density at radius 2 is 1.93 bits per heavy atom. The molecule has 0 aliphatic carbocycles. The summed E-state index contributed by atoms with van der Waals surface area (Å²) in [5.74, 6) is 0.205. The lowest BCUT2D eigenvalue weighted by Crippen LogP contribution is -2.29. The highest BCUT2D eigenvalue weighted by Crippen LogP contribution is 2.22. The average Bonchev–Trinajstić information content (AvgIpc) is 3.27. The van der Waals surface area contributed by atoms with Crippen molar-refractivity contribution in [2.45, 2.75) is 38.2 Å². The van der Waals surface area contributed by atoms with Crippen LogP contribution in [0.4, 0.5) is 17.3 Å². The van der Waals surface area contributed by atoms with Crippen LogP contribution in [0, 0.1) is 0 Å². The van der Waals surface area contributed by atoms with Gasteiger partial charge in [-0.1, -0.05) is 0 Å². The zero-order valence-corrected chi connectivity index (χ0v) is 16.1. The molecule has 1 amide bonds. The van der Waals surface area contributed by atoms with Crippen molar-refractivity contribution >= 4 is 23.2 Å². The molecule has 148 valence electrons. The van der Waals surface area contributed by atoms with Crippen molar-refractivity contribution in [1.82, 2.24) is 9.97 Å². The van der Waals surface area contributed by atoms with Gasteiger partial charge in [-0.15, -0.1) is 0 Å². The van der Waals surface area contributed by atoms with Gasteiger partial charge in [0.25, 0.3) is 5.91 Å². The fourth-order valence-electron chi connectivity index (χ4n) is 3.68. The van der Waals surface area contributed by atoms with Crippen molar-refractivity contribution in [3.05, 3.63) is 42.2 Å². The number of carbonyl (C=O) groups is 1. The van der Waals surface area contributed by atoms with E-state index < -0.39 is 0 Å². The van der Waals surface area contributed by atoms with Gasteiger partial charge in [0.15, 0.2) is 0 Å². The molecule has 2 aromatic rings. The Morgan fingerprint density at radius 1 is 1.11 bits per heavy atom. The number of hydrogen-bond donors (Lipinski definition) is 2. The Kier molecular flexibility index (Phi) is 6.01. The van der Waals surface area contributed by atoms with Gasteiger partial charge in [-0.25, -0.2) is 9.97 Å². The molecular formula is C21H27N5O2. The number of piperidine rings is 1. The van der Waals surface area contributed by atoms with Gasteiger partial charge in [0.1, 0.15) is 5.69 Å². The molecule has 1 atom stereocenters. The zero-order valence-electron chi connectivity index (χ0n) is 16.1. The summed E-state index contributed by atoms with van der Waals surface area (Å²) >= 11 is 0. The summed E-state index contributed by atoms with van der Waals surface area (Å²) in [7, 11) is 0. The van der Waals surface area contributed by atoms with Gasteiger partial charge < -0.3 is 20.3 Å². The van der Waals surface area contributed by atoms with E-state index >= 15 is 0 Å². The molecule has 28 heavy (non-hydrogen) atoms. The monoisotopic (exact) mass is 381 g/mol. The second-order valence-electron chi connectivity index (χ2n) is 7.33. The fourth-order valence-corrected chi connectivity index (χ4v) is 3.68. The molecule has 1 aromatic heterocycles. The number of amides is 1. The number of rotatable bonds is 6. The number of nitrogens with zero attached hydrogens (tertiary/aromatic N) is 3. The summed E-state index contributed by atoms with van der Waals surface area (Å²) in [4.78, 5) is 23.5. The van der Waals surface area contributed by atoms with Crippen molar-refractivity contribution in [2.75, 3.05) is 41.8 Å². The molecule has 7 nitrogen and oxygen atoms in total. The molecule has 1 aromatic carbocycles. The standard InChI is InChI=1S/C21H27N5O2/c27-20(19-10-11-22-21(25-19)23-15-18-5-4-14-28-18)24-16-6-8-17(9-7-16)26-12-2-1-3-13-26/h6-11,18H,1-5,12-15H2,(H,24,27)(H,22,23,25). The maximum absolute atomic E-state index is 12.5.